The Morgan fingerprint density at radius 1 is 1.37 bits per heavy atom. The van der Waals surface area contributed by atoms with E-state index in [1.165, 1.54) is 4.31 Å². The summed E-state index contributed by atoms with van der Waals surface area (Å²) in [5.74, 6) is 0.962. The van der Waals surface area contributed by atoms with Crippen molar-refractivity contribution in [1.82, 2.24) is 8.61 Å². The maximum atomic E-state index is 12.6. The van der Waals surface area contributed by atoms with Crippen LogP contribution in [0.5, 0.6) is 0 Å². The molecule has 1 atom stereocenters. The Morgan fingerprint density at radius 2 is 2.00 bits per heavy atom. The Balaban J connectivity index is 2.75. The summed E-state index contributed by atoms with van der Waals surface area (Å²) in [5, 5.41) is 0. The highest BCUT2D eigenvalue weighted by Gasteiger charge is 2.38. The fourth-order valence-corrected chi connectivity index (χ4v) is 3.84. The molecule has 1 aliphatic rings. The number of methoxy groups -OCH3 is 1. The van der Waals surface area contributed by atoms with Crippen LogP contribution in [0.1, 0.15) is 26.2 Å². The summed E-state index contributed by atoms with van der Waals surface area (Å²) in [5.41, 5.74) is 0. The predicted molar refractivity (Wildman–Crippen MR) is 77.7 cm³/mol. The fraction of sp³-hybridized carbons (Fsp3) is 1.00. The first-order valence-electron chi connectivity index (χ1n) is 6.73. The molecule has 114 valence electrons. The van der Waals surface area contributed by atoms with Crippen LogP contribution in [0.4, 0.5) is 0 Å². The number of hydrogen-bond acceptors (Lipinski definition) is 3. The number of alkyl halides is 1. The SMILES string of the molecule is COCCN(C(C)C1CC1)S(=O)(=O)N(C)CCCCl. The number of hydrogen-bond donors (Lipinski definition) is 0. The molecule has 19 heavy (non-hydrogen) atoms. The van der Waals surface area contributed by atoms with Crippen LogP contribution in [0.2, 0.25) is 0 Å². The van der Waals surface area contributed by atoms with Crippen molar-refractivity contribution < 1.29 is 13.2 Å². The second-order valence-electron chi connectivity index (χ2n) is 5.05. The van der Waals surface area contributed by atoms with E-state index in [1.54, 1.807) is 18.5 Å². The number of halogens is 1. The first-order valence-corrected chi connectivity index (χ1v) is 8.66. The third-order valence-electron chi connectivity index (χ3n) is 3.57. The van der Waals surface area contributed by atoms with Crippen molar-refractivity contribution in [2.75, 3.05) is 39.7 Å². The molecule has 0 saturated heterocycles. The van der Waals surface area contributed by atoms with Gasteiger partial charge in [-0.3, -0.25) is 0 Å². The maximum Gasteiger partial charge on any atom is 0.282 e. The molecule has 5 nitrogen and oxygen atoms in total. The standard InChI is InChI=1S/C12H25ClN2O3S/c1-11(12-5-6-12)15(9-10-18-3)19(16,17)14(2)8-4-7-13/h11-12H,4-10H2,1-3H3. The zero-order chi connectivity index (χ0) is 14.5. The van der Waals surface area contributed by atoms with E-state index in [0.717, 1.165) is 12.8 Å². The molecule has 7 heteroatoms. The lowest BCUT2D eigenvalue weighted by molar-refractivity contribution is 0.160. The monoisotopic (exact) mass is 312 g/mol. The molecule has 0 aromatic carbocycles. The van der Waals surface area contributed by atoms with Crippen molar-refractivity contribution in [2.45, 2.75) is 32.2 Å². The lowest BCUT2D eigenvalue weighted by atomic mass is 10.2. The largest absolute Gasteiger partial charge is 0.383 e. The van der Waals surface area contributed by atoms with Gasteiger partial charge in [-0.1, -0.05) is 0 Å². The molecule has 0 aliphatic heterocycles. The van der Waals surface area contributed by atoms with Gasteiger partial charge in [0.25, 0.3) is 10.2 Å². The molecule has 0 bridgehead atoms. The third-order valence-corrected chi connectivity index (χ3v) is 5.92. The first-order chi connectivity index (χ1) is 8.95. The van der Waals surface area contributed by atoms with Crippen LogP contribution in [0, 0.1) is 5.92 Å². The van der Waals surface area contributed by atoms with Crippen LogP contribution in [0.25, 0.3) is 0 Å². The molecule has 0 amide bonds. The highest BCUT2D eigenvalue weighted by atomic mass is 35.5. The van der Waals surface area contributed by atoms with Gasteiger partial charge < -0.3 is 4.74 Å². The van der Waals surface area contributed by atoms with Crippen molar-refractivity contribution in [3.8, 4) is 0 Å². The van der Waals surface area contributed by atoms with Gasteiger partial charge in [0.05, 0.1) is 6.61 Å². The van der Waals surface area contributed by atoms with Gasteiger partial charge in [0, 0.05) is 39.2 Å². The molecule has 1 rings (SSSR count). The van der Waals surface area contributed by atoms with Gasteiger partial charge in [0.1, 0.15) is 0 Å². The van der Waals surface area contributed by atoms with Crippen LogP contribution in [-0.4, -0.2) is 62.8 Å². The Morgan fingerprint density at radius 3 is 2.47 bits per heavy atom. The topological polar surface area (TPSA) is 49.9 Å². The average Bonchev–Trinajstić information content (AvgIpc) is 3.19. The zero-order valence-electron chi connectivity index (χ0n) is 12.0. The second-order valence-corrected chi connectivity index (χ2v) is 7.42. The number of nitrogens with zero attached hydrogens (tertiary/aromatic N) is 2. The van der Waals surface area contributed by atoms with E-state index >= 15 is 0 Å². The van der Waals surface area contributed by atoms with Gasteiger partial charge in [-0.15, -0.1) is 11.6 Å². The lowest BCUT2D eigenvalue weighted by Crippen LogP contribution is -2.48. The molecule has 0 aromatic heterocycles. The highest BCUT2D eigenvalue weighted by Crippen LogP contribution is 2.36. The molecule has 1 saturated carbocycles. The predicted octanol–water partition coefficient (Wildman–Crippen LogP) is 1.54. The van der Waals surface area contributed by atoms with Crippen LogP contribution in [0.15, 0.2) is 0 Å². The lowest BCUT2D eigenvalue weighted by Gasteiger charge is -2.32. The fourth-order valence-electron chi connectivity index (χ4n) is 2.10. The van der Waals surface area contributed by atoms with E-state index in [2.05, 4.69) is 0 Å². The molecular formula is C12H25ClN2O3S. The van der Waals surface area contributed by atoms with E-state index in [9.17, 15) is 8.42 Å². The molecule has 1 unspecified atom stereocenters. The third kappa shape index (κ3) is 4.86. The summed E-state index contributed by atoms with van der Waals surface area (Å²) in [6.07, 6.45) is 2.89. The van der Waals surface area contributed by atoms with Crippen LogP contribution in [-0.2, 0) is 14.9 Å². The van der Waals surface area contributed by atoms with E-state index in [-0.39, 0.29) is 6.04 Å². The first kappa shape index (κ1) is 17.2. The van der Waals surface area contributed by atoms with Crippen LogP contribution >= 0.6 is 11.6 Å². The second kappa shape index (κ2) is 7.78. The maximum absolute atomic E-state index is 12.6. The van der Waals surface area contributed by atoms with Gasteiger partial charge in [0.15, 0.2) is 0 Å². The summed E-state index contributed by atoms with van der Waals surface area (Å²) >= 11 is 5.63. The van der Waals surface area contributed by atoms with Crippen LogP contribution < -0.4 is 0 Å². The van der Waals surface area contributed by atoms with Crippen LogP contribution in [0.3, 0.4) is 0 Å². The molecule has 1 fully saturated rings. The van der Waals surface area contributed by atoms with E-state index in [0.29, 0.717) is 37.9 Å². The van der Waals surface area contributed by atoms with Crippen molar-refractivity contribution in [3.63, 3.8) is 0 Å². The summed E-state index contributed by atoms with van der Waals surface area (Å²) < 4.78 is 33.1. The normalized spacial score (nSPS) is 18.2. The quantitative estimate of drug-likeness (QED) is 0.575. The molecular weight excluding hydrogens is 288 g/mol. The van der Waals surface area contributed by atoms with E-state index in [4.69, 9.17) is 16.3 Å². The summed E-state index contributed by atoms with van der Waals surface area (Å²) in [7, 11) is -0.222. The minimum absolute atomic E-state index is 0.0404. The Hall–Kier alpha value is 0.120. The Bertz CT molecular complexity index is 360. The molecule has 0 N–H and O–H groups in total. The highest BCUT2D eigenvalue weighted by molar-refractivity contribution is 7.86. The summed E-state index contributed by atoms with van der Waals surface area (Å²) in [6, 6.07) is 0.0404. The van der Waals surface area contributed by atoms with Gasteiger partial charge in [-0.05, 0) is 32.1 Å². The van der Waals surface area contributed by atoms with Crippen molar-refractivity contribution >= 4 is 21.8 Å². The number of ether oxygens (including phenoxy) is 1. The Kier molecular flexibility index (Phi) is 7.04. The zero-order valence-corrected chi connectivity index (χ0v) is 13.6. The molecule has 0 radical (unpaired) electrons. The smallest absolute Gasteiger partial charge is 0.282 e. The molecule has 0 spiro atoms. The Labute approximate surface area is 122 Å². The minimum Gasteiger partial charge on any atom is -0.383 e. The molecule has 1 aliphatic carbocycles. The van der Waals surface area contributed by atoms with E-state index in [1.807, 2.05) is 6.92 Å². The van der Waals surface area contributed by atoms with Gasteiger partial charge in [0.2, 0.25) is 0 Å². The summed E-state index contributed by atoms with van der Waals surface area (Å²) in [4.78, 5) is 0. The summed E-state index contributed by atoms with van der Waals surface area (Å²) in [6.45, 7) is 3.26. The number of rotatable bonds is 10. The van der Waals surface area contributed by atoms with Gasteiger partial charge in [-0.2, -0.15) is 17.0 Å². The van der Waals surface area contributed by atoms with Crippen molar-refractivity contribution in [2.24, 2.45) is 5.92 Å². The van der Waals surface area contributed by atoms with Crippen molar-refractivity contribution in [3.05, 3.63) is 0 Å². The molecule has 0 aromatic rings. The minimum atomic E-state index is -3.42. The molecule has 0 heterocycles. The van der Waals surface area contributed by atoms with E-state index < -0.39 is 10.2 Å². The average molecular weight is 313 g/mol. The van der Waals surface area contributed by atoms with Crippen molar-refractivity contribution in [1.29, 1.82) is 0 Å². The van der Waals surface area contributed by atoms with Gasteiger partial charge in [-0.25, -0.2) is 0 Å². The van der Waals surface area contributed by atoms with Gasteiger partial charge >= 0.3 is 0 Å².